The van der Waals surface area contributed by atoms with Crippen LogP contribution in [0.15, 0.2) is 36.4 Å². The van der Waals surface area contributed by atoms with E-state index in [1.807, 2.05) is 24.3 Å². The molecule has 1 N–H and O–H groups in total. The number of ether oxygens (including phenoxy) is 1. The summed E-state index contributed by atoms with van der Waals surface area (Å²) in [6.07, 6.45) is 6.44. The lowest BCUT2D eigenvalue weighted by atomic mass is 10.1. The predicted octanol–water partition coefficient (Wildman–Crippen LogP) is 6.12. The van der Waals surface area contributed by atoms with Crippen LogP contribution in [0, 0.1) is 0 Å². The molecule has 4 rings (SSSR count). The first-order chi connectivity index (χ1) is 14.2. The fraction of sp³-hybridized carbons (Fsp3) is 0.458. The highest BCUT2D eigenvalue weighted by atomic mass is 35.5. The first-order valence-electron chi connectivity index (χ1n) is 10.7. The average Bonchev–Trinajstić information content (AvgIpc) is 2.76. The maximum Gasteiger partial charge on any atom is 0.119 e. The van der Waals surface area contributed by atoms with Crippen molar-refractivity contribution in [1.82, 2.24) is 9.88 Å². The Morgan fingerprint density at radius 2 is 1.90 bits per heavy atom. The molecule has 1 atom stereocenters. The Bertz CT molecular complexity index is 985. The molecule has 0 saturated carbocycles. The zero-order chi connectivity index (χ0) is 20.2. The summed E-state index contributed by atoms with van der Waals surface area (Å²) < 4.78 is 5.45. The van der Waals surface area contributed by atoms with Crippen molar-refractivity contribution in [3.63, 3.8) is 0 Å². The van der Waals surface area contributed by atoms with Gasteiger partial charge in [0.1, 0.15) is 5.75 Å². The van der Waals surface area contributed by atoms with Crippen molar-refractivity contribution >= 4 is 39.1 Å². The monoisotopic (exact) mass is 411 g/mol. The molecule has 1 saturated heterocycles. The predicted molar refractivity (Wildman–Crippen MR) is 123 cm³/mol. The van der Waals surface area contributed by atoms with Crippen LogP contribution in [0.1, 0.15) is 39.0 Å². The van der Waals surface area contributed by atoms with Gasteiger partial charge in [-0.2, -0.15) is 0 Å². The molecular formula is C24H30ClN3O. The number of halogens is 1. The van der Waals surface area contributed by atoms with E-state index < -0.39 is 0 Å². The molecule has 29 heavy (non-hydrogen) atoms. The molecule has 3 aromatic rings. The Morgan fingerprint density at radius 3 is 2.69 bits per heavy atom. The van der Waals surface area contributed by atoms with E-state index in [1.165, 1.54) is 38.8 Å². The molecule has 0 unspecified atom stereocenters. The highest BCUT2D eigenvalue weighted by Gasteiger charge is 2.16. The Balaban J connectivity index is 1.54. The number of aromatic nitrogens is 1. The van der Waals surface area contributed by atoms with Gasteiger partial charge in [-0.1, -0.05) is 18.0 Å². The topological polar surface area (TPSA) is 37.4 Å². The number of benzene rings is 2. The van der Waals surface area contributed by atoms with E-state index in [-0.39, 0.29) is 0 Å². The molecule has 1 fully saturated rings. The largest absolute Gasteiger partial charge is 0.497 e. The lowest BCUT2D eigenvalue weighted by molar-refractivity contribution is 0.165. The zero-order valence-corrected chi connectivity index (χ0v) is 18.1. The summed E-state index contributed by atoms with van der Waals surface area (Å²) in [7, 11) is 1.70. The van der Waals surface area contributed by atoms with Crippen LogP contribution < -0.4 is 10.1 Å². The maximum absolute atomic E-state index is 6.22. The molecule has 1 aliphatic heterocycles. The van der Waals surface area contributed by atoms with E-state index in [2.05, 4.69) is 29.3 Å². The molecule has 1 aromatic heterocycles. The average molecular weight is 412 g/mol. The van der Waals surface area contributed by atoms with Crippen LogP contribution in [0.2, 0.25) is 5.02 Å². The molecule has 0 aliphatic carbocycles. The third-order valence-corrected chi connectivity index (χ3v) is 6.29. The van der Waals surface area contributed by atoms with Crippen LogP contribution >= 0.6 is 11.6 Å². The summed E-state index contributed by atoms with van der Waals surface area (Å²) in [5.74, 6) is 0.842. The molecular weight excluding hydrogens is 382 g/mol. The number of fused-ring (bicyclic) bond motifs is 2. The maximum atomic E-state index is 6.22. The van der Waals surface area contributed by atoms with Gasteiger partial charge in [0.2, 0.25) is 0 Å². The van der Waals surface area contributed by atoms with Gasteiger partial charge in [0, 0.05) is 28.4 Å². The van der Waals surface area contributed by atoms with Crippen LogP contribution in [0.25, 0.3) is 21.8 Å². The first kappa shape index (κ1) is 20.2. The smallest absolute Gasteiger partial charge is 0.119 e. The van der Waals surface area contributed by atoms with Crippen LogP contribution in [0.4, 0.5) is 5.69 Å². The molecule has 4 nitrogen and oxygen atoms in total. The summed E-state index contributed by atoms with van der Waals surface area (Å²) in [6.45, 7) is 5.82. The van der Waals surface area contributed by atoms with E-state index in [0.29, 0.717) is 11.1 Å². The minimum Gasteiger partial charge on any atom is -0.497 e. The van der Waals surface area contributed by atoms with Gasteiger partial charge < -0.3 is 15.0 Å². The quantitative estimate of drug-likeness (QED) is 0.375. The number of likely N-dealkylation sites (tertiary alicyclic amines) is 1. The molecule has 2 heterocycles. The third-order valence-electron chi connectivity index (χ3n) is 6.06. The molecule has 1 aliphatic rings. The Kier molecular flexibility index (Phi) is 6.41. The van der Waals surface area contributed by atoms with Gasteiger partial charge in [0.15, 0.2) is 0 Å². The summed E-state index contributed by atoms with van der Waals surface area (Å²) in [6, 6.07) is 12.6. The lowest BCUT2D eigenvalue weighted by Crippen LogP contribution is -2.37. The minimum absolute atomic E-state index is 0.655. The van der Waals surface area contributed by atoms with Crippen molar-refractivity contribution in [2.24, 2.45) is 0 Å². The second-order valence-electron chi connectivity index (χ2n) is 8.05. The van der Waals surface area contributed by atoms with Crippen molar-refractivity contribution in [2.45, 2.75) is 45.1 Å². The third kappa shape index (κ3) is 4.59. The van der Waals surface area contributed by atoms with Crippen LogP contribution in [-0.2, 0) is 0 Å². The number of nitrogens with zero attached hydrogens (tertiary/aromatic N) is 2. The molecule has 154 valence electrons. The van der Waals surface area contributed by atoms with Gasteiger partial charge in [0.25, 0.3) is 0 Å². The van der Waals surface area contributed by atoms with Gasteiger partial charge in [-0.3, -0.25) is 0 Å². The highest BCUT2D eigenvalue weighted by molar-refractivity contribution is 6.31. The second-order valence-corrected chi connectivity index (χ2v) is 8.48. The van der Waals surface area contributed by atoms with Crippen molar-refractivity contribution in [2.75, 3.05) is 32.1 Å². The Morgan fingerprint density at radius 1 is 1.07 bits per heavy atom. The summed E-state index contributed by atoms with van der Waals surface area (Å²) in [5, 5.41) is 6.59. The van der Waals surface area contributed by atoms with Crippen molar-refractivity contribution < 1.29 is 4.74 Å². The molecule has 2 aromatic carbocycles. The number of nitrogens with one attached hydrogen (secondary N) is 1. The van der Waals surface area contributed by atoms with Crippen molar-refractivity contribution in [3.05, 3.63) is 41.4 Å². The van der Waals surface area contributed by atoms with E-state index in [9.17, 15) is 0 Å². The number of pyridine rings is 1. The molecule has 0 amide bonds. The fourth-order valence-electron chi connectivity index (χ4n) is 4.37. The number of hydrogen-bond donors (Lipinski definition) is 1. The number of rotatable bonds is 7. The van der Waals surface area contributed by atoms with Gasteiger partial charge in [-0.05, 0) is 82.1 Å². The zero-order valence-electron chi connectivity index (χ0n) is 17.4. The van der Waals surface area contributed by atoms with Crippen molar-refractivity contribution in [1.29, 1.82) is 0 Å². The van der Waals surface area contributed by atoms with Crippen molar-refractivity contribution in [3.8, 4) is 5.75 Å². The van der Waals surface area contributed by atoms with Crippen LogP contribution in [0.3, 0.4) is 0 Å². The molecule has 5 heteroatoms. The summed E-state index contributed by atoms with van der Waals surface area (Å²) in [5.41, 5.74) is 2.98. The second kappa shape index (κ2) is 9.19. The first-order valence-corrected chi connectivity index (χ1v) is 11.1. The normalized spacial score (nSPS) is 16.2. The Hall–Kier alpha value is -2.04. The van der Waals surface area contributed by atoms with E-state index in [1.54, 1.807) is 7.11 Å². The van der Waals surface area contributed by atoms with E-state index in [4.69, 9.17) is 21.3 Å². The van der Waals surface area contributed by atoms with Gasteiger partial charge in [-0.25, -0.2) is 4.98 Å². The number of piperidine rings is 1. The Labute approximate surface area is 178 Å². The summed E-state index contributed by atoms with van der Waals surface area (Å²) in [4.78, 5) is 7.45. The van der Waals surface area contributed by atoms with E-state index in [0.717, 1.165) is 46.2 Å². The van der Waals surface area contributed by atoms with Gasteiger partial charge in [-0.15, -0.1) is 0 Å². The van der Waals surface area contributed by atoms with Crippen LogP contribution in [0.5, 0.6) is 5.75 Å². The summed E-state index contributed by atoms with van der Waals surface area (Å²) >= 11 is 6.22. The van der Waals surface area contributed by atoms with Gasteiger partial charge >= 0.3 is 0 Å². The number of hydrogen-bond acceptors (Lipinski definition) is 4. The minimum atomic E-state index is 0.655. The van der Waals surface area contributed by atoms with E-state index >= 15 is 0 Å². The standard InChI is InChI=1S/C24H30ClN3O/c1-17(28-13-4-3-5-14-28)7-6-12-26-24-20-10-8-18(25)15-23(20)27-22-11-9-19(29-2)16-21(22)24/h8-11,15-17H,3-7,12-14H2,1-2H3,(H,26,27)/t17-/m0/s1. The molecule has 0 bridgehead atoms. The molecule has 0 spiro atoms. The SMILES string of the molecule is COc1ccc2nc3cc(Cl)ccc3c(NCCC[C@H](C)N3CCCCC3)c2c1. The molecule has 0 radical (unpaired) electrons. The lowest BCUT2D eigenvalue weighted by Gasteiger charge is -2.32. The van der Waals surface area contributed by atoms with Gasteiger partial charge in [0.05, 0.1) is 23.8 Å². The highest BCUT2D eigenvalue weighted by Crippen LogP contribution is 2.34. The van der Waals surface area contributed by atoms with Crippen LogP contribution in [-0.4, -0.2) is 42.7 Å². The fourth-order valence-corrected chi connectivity index (χ4v) is 4.53. The number of anilines is 1. The number of methoxy groups -OCH3 is 1.